The van der Waals surface area contributed by atoms with E-state index in [4.69, 9.17) is 4.74 Å². The molecule has 0 spiro atoms. The van der Waals surface area contributed by atoms with Gasteiger partial charge in [0.1, 0.15) is 5.75 Å². The van der Waals surface area contributed by atoms with Crippen LogP contribution in [0.25, 0.3) is 5.69 Å². The topological polar surface area (TPSA) is 39.1 Å². The fourth-order valence-corrected chi connectivity index (χ4v) is 3.22. The van der Waals surface area contributed by atoms with Gasteiger partial charge in [-0.1, -0.05) is 31.2 Å². The molecule has 0 aliphatic carbocycles. The summed E-state index contributed by atoms with van der Waals surface area (Å²) in [5.74, 6) is 0.892. The molecule has 2 aromatic carbocycles. The van der Waals surface area contributed by atoms with Crippen molar-refractivity contribution in [1.82, 2.24) is 15.1 Å². The van der Waals surface area contributed by atoms with Crippen molar-refractivity contribution in [2.45, 2.75) is 39.8 Å². The molecule has 136 valence electrons. The molecule has 1 atom stereocenters. The average molecular weight is 349 g/mol. The molecule has 1 N–H and O–H groups in total. The minimum absolute atomic E-state index is 0.330. The third-order valence-corrected chi connectivity index (χ3v) is 4.67. The van der Waals surface area contributed by atoms with E-state index in [-0.39, 0.29) is 0 Å². The monoisotopic (exact) mass is 349 g/mol. The number of aromatic nitrogens is 2. The summed E-state index contributed by atoms with van der Waals surface area (Å²) in [5, 5.41) is 8.19. The number of hydrogen-bond donors (Lipinski definition) is 1. The van der Waals surface area contributed by atoms with Crippen molar-refractivity contribution < 1.29 is 4.74 Å². The van der Waals surface area contributed by atoms with Crippen LogP contribution in [0.3, 0.4) is 0 Å². The summed E-state index contributed by atoms with van der Waals surface area (Å²) < 4.78 is 7.23. The zero-order valence-electron chi connectivity index (χ0n) is 16.0. The number of rotatable bonds is 7. The van der Waals surface area contributed by atoms with Gasteiger partial charge < -0.3 is 10.1 Å². The minimum Gasteiger partial charge on any atom is -0.497 e. The largest absolute Gasteiger partial charge is 0.497 e. The van der Waals surface area contributed by atoms with Gasteiger partial charge in [-0.3, -0.25) is 0 Å². The number of nitrogens with one attached hydrogen (secondary N) is 1. The van der Waals surface area contributed by atoms with E-state index in [1.54, 1.807) is 7.11 Å². The highest BCUT2D eigenvalue weighted by Gasteiger charge is 2.09. The normalized spacial score (nSPS) is 12.2. The minimum atomic E-state index is 0.330. The molecule has 1 aromatic heterocycles. The summed E-state index contributed by atoms with van der Waals surface area (Å²) in [6.07, 6.45) is 1.04. The predicted octanol–water partition coefficient (Wildman–Crippen LogP) is 4.74. The first kappa shape index (κ1) is 18.2. The van der Waals surface area contributed by atoms with Gasteiger partial charge in [-0.15, -0.1) is 0 Å². The van der Waals surface area contributed by atoms with Gasteiger partial charge in [0.25, 0.3) is 0 Å². The van der Waals surface area contributed by atoms with Crippen LogP contribution in [-0.2, 0) is 6.54 Å². The Labute approximate surface area is 155 Å². The summed E-state index contributed by atoms with van der Waals surface area (Å²) in [6.45, 7) is 7.14. The van der Waals surface area contributed by atoms with Crippen LogP contribution >= 0.6 is 0 Å². The first-order valence-corrected chi connectivity index (χ1v) is 9.10. The lowest BCUT2D eigenvalue weighted by Gasteiger charge is -2.18. The molecule has 1 unspecified atom stereocenters. The molecule has 3 aromatic rings. The third kappa shape index (κ3) is 4.14. The van der Waals surface area contributed by atoms with Gasteiger partial charge in [0, 0.05) is 18.3 Å². The smallest absolute Gasteiger partial charge is 0.118 e. The molecular formula is C22H27N3O. The van der Waals surface area contributed by atoms with E-state index in [9.17, 15) is 0 Å². The molecule has 0 amide bonds. The van der Waals surface area contributed by atoms with Crippen LogP contribution in [0.15, 0.2) is 54.6 Å². The van der Waals surface area contributed by atoms with Crippen molar-refractivity contribution in [2.75, 3.05) is 7.11 Å². The summed E-state index contributed by atoms with van der Waals surface area (Å²) in [6, 6.07) is 19.3. The molecule has 1 heterocycles. The van der Waals surface area contributed by atoms with Gasteiger partial charge in [-0.05, 0) is 61.7 Å². The van der Waals surface area contributed by atoms with Crippen molar-refractivity contribution in [3.8, 4) is 11.4 Å². The van der Waals surface area contributed by atoms with E-state index in [2.05, 4.69) is 66.7 Å². The summed E-state index contributed by atoms with van der Waals surface area (Å²) in [7, 11) is 1.69. The maximum Gasteiger partial charge on any atom is 0.118 e. The lowest BCUT2D eigenvalue weighted by Crippen LogP contribution is -2.20. The second-order valence-corrected chi connectivity index (χ2v) is 6.62. The molecule has 3 rings (SSSR count). The molecular weight excluding hydrogens is 322 g/mol. The van der Waals surface area contributed by atoms with Crippen LogP contribution < -0.4 is 10.1 Å². The Hall–Kier alpha value is -2.59. The highest BCUT2D eigenvalue weighted by molar-refractivity contribution is 5.36. The summed E-state index contributed by atoms with van der Waals surface area (Å²) >= 11 is 0. The van der Waals surface area contributed by atoms with Crippen LogP contribution in [0.2, 0.25) is 0 Å². The van der Waals surface area contributed by atoms with Crippen LogP contribution in [0.4, 0.5) is 0 Å². The number of benzene rings is 2. The Kier molecular flexibility index (Phi) is 5.74. The standard InChI is InChI=1S/C22H27N3O/c1-5-22(19-8-12-21(26-4)13-9-19)23-15-18-6-10-20(11-7-18)25-17(3)14-16(2)24-25/h6-14,22-23H,5,15H2,1-4H3. The Balaban J connectivity index is 1.65. The van der Waals surface area contributed by atoms with Gasteiger partial charge in [0.2, 0.25) is 0 Å². The summed E-state index contributed by atoms with van der Waals surface area (Å²) in [5.41, 5.74) is 5.84. The van der Waals surface area contributed by atoms with Crippen LogP contribution in [-0.4, -0.2) is 16.9 Å². The zero-order chi connectivity index (χ0) is 18.5. The lowest BCUT2D eigenvalue weighted by atomic mass is 10.0. The molecule has 26 heavy (non-hydrogen) atoms. The molecule has 4 nitrogen and oxygen atoms in total. The van der Waals surface area contributed by atoms with Crippen molar-refractivity contribution in [3.63, 3.8) is 0 Å². The molecule has 0 fully saturated rings. The maximum absolute atomic E-state index is 5.24. The van der Waals surface area contributed by atoms with Gasteiger partial charge in [0.15, 0.2) is 0 Å². The van der Waals surface area contributed by atoms with Gasteiger partial charge in [-0.25, -0.2) is 4.68 Å². The molecule has 0 saturated carbocycles. The van der Waals surface area contributed by atoms with E-state index in [0.717, 1.165) is 35.8 Å². The second-order valence-electron chi connectivity index (χ2n) is 6.62. The van der Waals surface area contributed by atoms with E-state index >= 15 is 0 Å². The van der Waals surface area contributed by atoms with E-state index in [1.807, 2.05) is 23.7 Å². The maximum atomic E-state index is 5.24. The number of nitrogens with zero attached hydrogens (tertiary/aromatic N) is 2. The fraction of sp³-hybridized carbons (Fsp3) is 0.318. The average Bonchev–Trinajstić information content (AvgIpc) is 3.01. The Morgan fingerprint density at radius 1 is 1.04 bits per heavy atom. The first-order chi connectivity index (χ1) is 12.6. The Morgan fingerprint density at radius 3 is 2.27 bits per heavy atom. The van der Waals surface area contributed by atoms with Crippen molar-refractivity contribution in [1.29, 1.82) is 0 Å². The molecule has 0 aliphatic rings. The second kappa shape index (κ2) is 8.19. The van der Waals surface area contributed by atoms with E-state index < -0.39 is 0 Å². The molecule has 0 aliphatic heterocycles. The van der Waals surface area contributed by atoms with Crippen molar-refractivity contribution in [3.05, 3.63) is 77.1 Å². The quantitative estimate of drug-likeness (QED) is 0.670. The van der Waals surface area contributed by atoms with Gasteiger partial charge in [0.05, 0.1) is 18.5 Å². The number of aryl methyl sites for hydroxylation is 2. The summed E-state index contributed by atoms with van der Waals surface area (Å²) in [4.78, 5) is 0. The Bertz CT molecular complexity index is 835. The highest BCUT2D eigenvalue weighted by Crippen LogP contribution is 2.21. The number of hydrogen-bond acceptors (Lipinski definition) is 3. The number of ether oxygens (including phenoxy) is 1. The van der Waals surface area contributed by atoms with Crippen LogP contribution in [0.5, 0.6) is 5.75 Å². The molecule has 0 radical (unpaired) electrons. The predicted molar refractivity (Wildman–Crippen MR) is 106 cm³/mol. The molecule has 4 heteroatoms. The van der Waals surface area contributed by atoms with Crippen molar-refractivity contribution in [2.24, 2.45) is 0 Å². The zero-order valence-corrected chi connectivity index (χ0v) is 16.0. The van der Waals surface area contributed by atoms with Crippen LogP contribution in [0.1, 0.15) is 41.9 Å². The lowest BCUT2D eigenvalue weighted by molar-refractivity contribution is 0.414. The highest BCUT2D eigenvalue weighted by atomic mass is 16.5. The third-order valence-electron chi connectivity index (χ3n) is 4.67. The van der Waals surface area contributed by atoms with Crippen molar-refractivity contribution >= 4 is 0 Å². The number of methoxy groups -OCH3 is 1. The SMILES string of the molecule is CCC(NCc1ccc(-n2nc(C)cc2C)cc1)c1ccc(OC)cc1. The fourth-order valence-electron chi connectivity index (χ4n) is 3.22. The van der Waals surface area contributed by atoms with Gasteiger partial charge in [-0.2, -0.15) is 5.10 Å². The van der Waals surface area contributed by atoms with Crippen LogP contribution in [0, 0.1) is 13.8 Å². The first-order valence-electron chi connectivity index (χ1n) is 9.10. The van der Waals surface area contributed by atoms with Gasteiger partial charge >= 0.3 is 0 Å². The van der Waals surface area contributed by atoms with E-state index in [0.29, 0.717) is 6.04 Å². The Morgan fingerprint density at radius 2 is 1.73 bits per heavy atom. The molecule has 0 saturated heterocycles. The molecule has 0 bridgehead atoms. The van der Waals surface area contributed by atoms with E-state index in [1.165, 1.54) is 11.1 Å².